The van der Waals surface area contributed by atoms with Gasteiger partial charge in [0.1, 0.15) is 17.9 Å². The fourth-order valence-electron chi connectivity index (χ4n) is 2.44. The predicted molar refractivity (Wildman–Crippen MR) is 98.9 cm³/mol. The number of likely N-dealkylation sites (N-methyl/N-ethyl adjacent to an activating group) is 1. The van der Waals surface area contributed by atoms with Crippen LogP contribution in [0.4, 0.5) is 0 Å². The lowest BCUT2D eigenvalue weighted by Gasteiger charge is -2.17. The smallest absolute Gasteiger partial charge is 0.341 e. The normalized spacial score (nSPS) is 10.3. The molecule has 130 valence electrons. The highest BCUT2D eigenvalue weighted by Crippen LogP contribution is 2.32. The molecule has 0 aromatic heterocycles. The molecule has 0 fully saturated rings. The summed E-state index contributed by atoms with van der Waals surface area (Å²) in [5.41, 5.74) is 1.69. The van der Waals surface area contributed by atoms with Crippen LogP contribution in [0.25, 0.3) is 11.1 Å². The molecular weight excluding hydrogens is 326 g/mol. The number of halogens is 1. The Morgan fingerprint density at radius 1 is 1.04 bits per heavy atom. The Labute approximate surface area is 149 Å². The first-order valence-electron chi connectivity index (χ1n) is 7.94. The maximum absolute atomic E-state index is 12.2. The molecule has 0 saturated carbocycles. The number of benzene rings is 2. The molecule has 0 bridgehead atoms. The molecular formula is C19H24ClNO3. The zero-order valence-electron chi connectivity index (χ0n) is 14.1. The highest BCUT2D eigenvalue weighted by atomic mass is 35.5. The first kappa shape index (κ1) is 20.0. The summed E-state index contributed by atoms with van der Waals surface area (Å²) in [5.74, 6) is -0.529. The number of aromatic hydroxyl groups is 1. The van der Waals surface area contributed by atoms with Crippen molar-refractivity contribution in [2.75, 3.05) is 26.2 Å². The lowest BCUT2D eigenvalue weighted by atomic mass is 10.0. The van der Waals surface area contributed by atoms with E-state index in [0.717, 1.165) is 18.7 Å². The van der Waals surface area contributed by atoms with Crippen molar-refractivity contribution in [3.63, 3.8) is 0 Å². The molecule has 2 aromatic rings. The third kappa shape index (κ3) is 4.98. The van der Waals surface area contributed by atoms with Crippen molar-refractivity contribution in [2.24, 2.45) is 0 Å². The van der Waals surface area contributed by atoms with E-state index in [1.54, 1.807) is 18.2 Å². The maximum atomic E-state index is 12.2. The van der Waals surface area contributed by atoms with Gasteiger partial charge in [0.15, 0.2) is 0 Å². The van der Waals surface area contributed by atoms with E-state index in [2.05, 4.69) is 18.7 Å². The molecule has 0 aliphatic heterocycles. The summed E-state index contributed by atoms with van der Waals surface area (Å²) in [5, 5.41) is 10.4. The van der Waals surface area contributed by atoms with Crippen molar-refractivity contribution in [2.45, 2.75) is 13.8 Å². The number of phenols is 1. The molecule has 1 N–H and O–H groups in total. The first-order valence-corrected chi connectivity index (χ1v) is 7.94. The summed E-state index contributed by atoms with van der Waals surface area (Å²) in [6, 6.07) is 14.6. The lowest BCUT2D eigenvalue weighted by Crippen LogP contribution is -2.27. The maximum Gasteiger partial charge on any atom is 0.341 e. The quantitative estimate of drug-likeness (QED) is 0.768. The van der Waals surface area contributed by atoms with Crippen molar-refractivity contribution in [1.29, 1.82) is 0 Å². The second-order valence-corrected chi connectivity index (χ2v) is 5.23. The van der Waals surface area contributed by atoms with E-state index in [1.807, 2.05) is 30.3 Å². The van der Waals surface area contributed by atoms with Crippen molar-refractivity contribution >= 4 is 18.4 Å². The fraction of sp³-hybridized carbons (Fsp3) is 0.316. The van der Waals surface area contributed by atoms with Crippen LogP contribution in [0.2, 0.25) is 0 Å². The van der Waals surface area contributed by atoms with E-state index in [9.17, 15) is 9.90 Å². The van der Waals surface area contributed by atoms with Gasteiger partial charge in [-0.25, -0.2) is 4.79 Å². The summed E-state index contributed by atoms with van der Waals surface area (Å²) in [6.07, 6.45) is 0. The van der Waals surface area contributed by atoms with Gasteiger partial charge in [0.25, 0.3) is 0 Å². The van der Waals surface area contributed by atoms with Crippen LogP contribution in [0, 0.1) is 0 Å². The molecule has 4 nitrogen and oxygen atoms in total. The Balaban J connectivity index is 0.00000288. The summed E-state index contributed by atoms with van der Waals surface area (Å²) < 4.78 is 5.29. The molecule has 2 rings (SSSR count). The molecule has 0 radical (unpaired) electrons. The Morgan fingerprint density at radius 2 is 1.71 bits per heavy atom. The number of carbonyl (C=O) groups excluding carboxylic acids is 1. The first-order chi connectivity index (χ1) is 11.2. The van der Waals surface area contributed by atoms with Gasteiger partial charge in [-0.3, -0.25) is 0 Å². The molecule has 0 saturated heterocycles. The van der Waals surface area contributed by atoms with E-state index in [0.29, 0.717) is 18.7 Å². The molecule has 5 heteroatoms. The number of rotatable bonds is 7. The Kier molecular flexibility index (Phi) is 8.30. The van der Waals surface area contributed by atoms with Gasteiger partial charge in [-0.15, -0.1) is 12.4 Å². The summed E-state index contributed by atoms with van der Waals surface area (Å²) >= 11 is 0. The Morgan fingerprint density at radius 3 is 2.33 bits per heavy atom. The minimum atomic E-state index is -0.493. The molecule has 24 heavy (non-hydrogen) atoms. The van der Waals surface area contributed by atoms with Crippen LogP contribution >= 0.6 is 12.4 Å². The summed E-state index contributed by atoms with van der Waals surface area (Å²) in [6.45, 7) is 6.99. The molecule has 0 aliphatic carbocycles. The van der Waals surface area contributed by atoms with Gasteiger partial charge in [0.2, 0.25) is 0 Å². The number of hydrogen-bond acceptors (Lipinski definition) is 4. The fourth-order valence-corrected chi connectivity index (χ4v) is 2.44. The Bertz CT molecular complexity index is 642. The van der Waals surface area contributed by atoms with E-state index in [1.165, 1.54) is 0 Å². The minimum Gasteiger partial charge on any atom is -0.506 e. The van der Waals surface area contributed by atoms with Crippen molar-refractivity contribution in [3.05, 3.63) is 54.1 Å². The molecule has 0 heterocycles. The predicted octanol–water partition coefficient (Wildman–Crippen LogP) is 3.98. The topological polar surface area (TPSA) is 49.8 Å². The van der Waals surface area contributed by atoms with Crippen LogP contribution in [0.1, 0.15) is 24.2 Å². The molecule has 0 atom stereocenters. The zero-order valence-corrected chi connectivity index (χ0v) is 14.9. The van der Waals surface area contributed by atoms with Crippen molar-refractivity contribution in [1.82, 2.24) is 4.90 Å². The van der Waals surface area contributed by atoms with Gasteiger partial charge in [-0.05, 0) is 24.7 Å². The van der Waals surface area contributed by atoms with E-state index < -0.39 is 5.97 Å². The number of hydrogen-bond donors (Lipinski definition) is 1. The van der Waals surface area contributed by atoms with Crippen LogP contribution < -0.4 is 0 Å². The van der Waals surface area contributed by atoms with E-state index >= 15 is 0 Å². The highest BCUT2D eigenvalue weighted by Gasteiger charge is 2.16. The van der Waals surface area contributed by atoms with Crippen LogP contribution in [0.5, 0.6) is 5.75 Å². The van der Waals surface area contributed by atoms with Crippen molar-refractivity contribution < 1.29 is 14.6 Å². The number of carbonyl (C=O) groups is 1. The SMILES string of the molecule is CCN(CC)CCOC(=O)c1cccc(-c2ccccc2)c1O.Cl. The number of para-hydroxylation sites is 1. The number of nitrogens with zero attached hydrogens (tertiary/aromatic N) is 1. The van der Waals surface area contributed by atoms with E-state index in [4.69, 9.17) is 4.74 Å². The third-order valence-electron chi connectivity index (χ3n) is 3.88. The zero-order chi connectivity index (χ0) is 16.7. The van der Waals surface area contributed by atoms with Gasteiger partial charge >= 0.3 is 5.97 Å². The summed E-state index contributed by atoms with van der Waals surface area (Å²) in [4.78, 5) is 14.4. The second kappa shape index (κ2) is 9.96. The Hall–Kier alpha value is -2.04. The summed E-state index contributed by atoms with van der Waals surface area (Å²) in [7, 11) is 0. The second-order valence-electron chi connectivity index (χ2n) is 5.23. The van der Waals surface area contributed by atoms with Crippen LogP contribution in [0.15, 0.2) is 48.5 Å². The minimum absolute atomic E-state index is 0. The molecule has 0 aliphatic rings. The highest BCUT2D eigenvalue weighted by molar-refractivity contribution is 5.95. The standard InChI is InChI=1S/C19H23NO3.ClH/c1-3-20(4-2)13-14-23-19(22)17-12-8-11-16(18(17)21)15-9-6-5-7-10-15;/h5-12,21H,3-4,13-14H2,1-2H3;1H. The molecule has 2 aromatic carbocycles. The average Bonchev–Trinajstić information content (AvgIpc) is 2.59. The largest absolute Gasteiger partial charge is 0.506 e. The van der Waals surface area contributed by atoms with Gasteiger partial charge in [-0.2, -0.15) is 0 Å². The molecule has 0 unspecified atom stereocenters. The monoisotopic (exact) mass is 349 g/mol. The van der Waals surface area contributed by atoms with Crippen LogP contribution in [0.3, 0.4) is 0 Å². The number of esters is 1. The third-order valence-corrected chi connectivity index (χ3v) is 3.88. The lowest BCUT2D eigenvalue weighted by molar-refractivity contribution is 0.0463. The van der Waals surface area contributed by atoms with Gasteiger partial charge < -0.3 is 14.7 Å². The average molecular weight is 350 g/mol. The van der Waals surface area contributed by atoms with Crippen LogP contribution in [-0.4, -0.2) is 42.2 Å². The van der Waals surface area contributed by atoms with Crippen LogP contribution in [-0.2, 0) is 4.74 Å². The van der Waals surface area contributed by atoms with Gasteiger partial charge in [-0.1, -0.05) is 56.3 Å². The van der Waals surface area contributed by atoms with Gasteiger partial charge in [0, 0.05) is 12.1 Å². The molecule has 0 spiro atoms. The van der Waals surface area contributed by atoms with Crippen molar-refractivity contribution in [3.8, 4) is 16.9 Å². The van der Waals surface area contributed by atoms with E-state index in [-0.39, 0.29) is 23.7 Å². The number of phenolic OH excluding ortho intramolecular Hbond substituents is 1. The number of ether oxygens (including phenoxy) is 1. The molecule has 0 amide bonds. The van der Waals surface area contributed by atoms with Gasteiger partial charge in [0.05, 0.1) is 0 Å².